The van der Waals surface area contributed by atoms with Gasteiger partial charge in [-0.25, -0.2) is 4.39 Å². The van der Waals surface area contributed by atoms with Crippen LogP contribution in [0.25, 0.3) is 6.08 Å². The molecule has 76 valence electrons. The van der Waals surface area contributed by atoms with Gasteiger partial charge >= 0.3 is 0 Å². The maximum atomic E-state index is 12.9. The highest BCUT2D eigenvalue weighted by molar-refractivity contribution is 5.51. The summed E-state index contributed by atoms with van der Waals surface area (Å²) >= 11 is 0. The number of halogens is 1. The van der Waals surface area contributed by atoms with Gasteiger partial charge in [-0.15, -0.1) is 0 Å². The molecule has 2 nitrogen and oxygen atoms in total. The van der Waals surface area contributed by atoms with E-state index in [0.29, 0.717) is 0 Å². The quantitative estimate of drug-likeness (QED) is 0.774. The summed E-state index contributed by atoms with van der Waals surface area (Å²) < 4.78 is 12.9. The molecule has 0 amide bonds. The fourth-order valence-electron chi connectivity index (χ4n) is 0.978. The first-order valence-corrected chi connectivity index (χ1v) is 4.47. The van der Waals surface area contributed by atoms with Crippen molar-refractivity contribution < 1.29 is 9.50 Å². The van der Waals surface area contributed by atoms with E-state index in [-0.39, 0.29) is 11.8 Å². The highest BCUT2D eigenvalue weighted by Gasteiger charge is 1.99. The van der Waals surface area contributed by atoms with Crippen LogP contribution < -0.4 is 5.32 Å². The van der Waals surface area contributed by atoms with Crippen LogP contribution in [0.3, 0.4) is 0 Å². The van der Waals surface area contributed by atoms with E-state index in [2.05, 4.69) is 5.32 Å². The molecule has 0 aromatic heterocycles. The first-order chi connectivity index (χ1) is 6.63. The maximum Gasteiger partial charge on any atom is 0.165 e. The Kier molecular flexibility index (Phi) is 3.65. The fourth-order valence-corrected chi connectivity index (χ4v) is 0.978. The smallest absolute Gasteiger partial charge is 0.165 e. The Bertz CT molecular complexity index is 336. The lowest BCUT2D eigenvalue weighted by atomic mass is 10.1. The molecule has 0 bridgehead atoms. The molecule has 2 N–H and O–H groups in total. The topological polar surface area (TPSA) is 32.3 Å². The van der Waals surface area contributed by atoms with Crippen LogP contribution in [0, 0.1) is 5.82 Å². The van der Waals surface area contributed by atoms with Gasteiger partial charge in [-0.2, -0.15) is 0 Å². The summed E-state index contributed by atoms with van der Waals surface area (Å²) in [5, 5.41) is 12.0. The SMILES string of the molecule is CNC(C)/C=C/c1ccc(O)c(F)c1. The molecule has 1 unspecified atom stereocenters. The number of hydrogen-bond acceptors (Lipinski definition) is 2. The summed E-state index contributed by atoms with van der Waals surface area (Å²) in [4.78, 5) is 0. The van der Waals surface area contributed by atoms with E-state index in [1.165, 1.54) is 12.1 Å². The number of nitrogens with one attached hydrogen (secondary N) is 1. The fraction of sp³-hybridized carbons (Fsp3) is 0.273. The summed E-state index contributed by atoms with van der Waals surface area (Å²) in [6, 6.07) is 4.55. The predicted octanol–water partition coefficient (Wildman–Crippen LogP) is 2.15. The number of rotatable bonds is 3. The second kappa shape index (κ2) is 4.77. The third-order valence-corrected chi connectivity index (χ3v) is 2.00. The molecule has 0 saturated heterocycles. The molecule has 3 heteroatoms. The van der Waals surface area contributed by atoms with Crippen LogP contribution in [0.5, 0.6) is 5.75 Å². The Morgan fingerprint density at radius 1 is 1.50 bits per heavy atom. The van der Waals surface area contributed by atoms with E-state index in [1.807, 2.05) is 26.1 Å². The minimum Gasteiger partial charge on any atom is -0.505 e. The standard InChI is InChI=1S/C11H14FNO/c1-8(13-2)3-4-9-5-6-11(14)10(12)7-9/h3-8,13-14H,1-2H3/b4-3+. The van der Waals surface area contributed by atoms with Gasteiger partial charge in [0.1, 0.15) is 0 Å². The predicted molar refractivity (Wildman–Crippen MR) is 55.6 cm³/mol. The third-order valence-electron chi connectivity index (χ3n) is 2.00. The van der Waals surface area contributed by atoms with Gasteiger partial charge in [0.2, 0.25) is 0 Å². The number of benzene rings is 1. The van der Waals surface area contributed by atoms with E-state index >= 15 is 0 Å². The average molecular weight is 195 g/mol. The van der Waals surface area contributed by atoms with Crippen LogP contribution in [-0.4, -0.2) is 18.2 Å². The molecule has 1 aromatic carbocycles. The van der Waals surface area contributed by atoms with E-state index in [9.17, 15) is 4.39 Å². The molecule has 0 aliphatic carbocycles. The van der Waals surface area contributed by atoms with Crippen molar-refractivity contribution in [1.29, 1.82) is 0 Å². The van der Waals surface area contributed by atoms with E-state index in [4.69, 9.17) is 5.11 Å². The second-order valence-electron chi connectivity index (χ2n) is 3.15. The normalized spacial score (nSPS) is 13.4. The lowest BCUT2D eigenvalue weighted by Gasteiger charge is -2.02. The van der Waals surface area contributed by atoms with E-state index < -0.39 is 5.82 Å². The van der Waals surface area contributed by atoms with Crippen molar-refractivity contribution in [1.82, 2.24) is 5.32 Å². The number of hydrogen-bond donors (Lipinski definition) is 2. The Hall–Kier alpha value is -1.35. The number of aromatic hydroxyl groups is 1. The minimum atomic E-state index is -0.593. The lowest BCUT2D eigenvalue weighted by molar-refractivity contribution is 0.432. The van der Waals surface area contributed by atoms with Crippen LogP contribution >= 0.6 is 0 Å². The molecule has 0 heterocycles. The van der Waals surface area contributed by atoms with Crippen LogP contribution in [0.4, 0.5) is 4.39 Å². The highest BCUT2D eigenvalue weighted by Crippen LogP contribution is 2.16. The monoisotopic (exact) mass is 195 g/mol. The molecule has 1 rings (SSSR count). The molecule has 14 heavy (non-hydrogen) atoms. The average Bonchev–Trinajstić information content (AvgIpc) is 2.19. The van der Waals surface area contributed by atoms with Gasteiger partial charge in [0.05, 0.1) is 0 Å². The number of phenols is 1. The van der Waals surface area contributed by atoms with Crippen LogP contribution in [0.15, 0.2) is 24.3 Å². The summed E-state index contributed by atoms with van der Waals surface area (Å²) in [5.74, 6) is -0.909. The van der Waals surface area contributed by atoms with E-state index in [0.717, 1.165) is 5.56 Å². The molecule has 0 aliphatic heterocycles. The van der Waals surface area contributed by atoms with Crippen LogP contribution in [0.2, 0.25) is 0 Å². The summed E-state index contributed by atoms with van der Waals surface area (Å²) in [5.41, 5.74) is 0.738. The highest BCUT2D eigenvalue weighted by atomic mass is 19.1. The Morgan fingerprint density at radius 2 is 2.21 bits per heavy atom. The molecule has 0 radical (unpaired) electrons. The first-order valence-electron chi connectivity index (χ1n) is 4.47. The van der Waals surface area contributed by atoms with Gasteiger partial charge in [0.25, 0.3) is 0 Å². The van der Waals surface area contributed by atoms with Crippen molar-refractivity contribution >= 4 is 6.08 Å². The zero-order valence-corrected chi connectivity index (χ0v) is 8.29. The van der Waals surface area contributed by atoms with Gasteiger partial charge in [-0.1, -0.05) is 18.2 Å². The lowest BCUT2D eigenvalue weighted by Crippen LogP contribution is -2.17. The zero-order chi connectivity index (χ0) is 10.6. The zero-order valence-electron chi connectivity index (χ0n) is 8.29. The molecule has 1 aromatic rings. The van der Waals surface area contributed by atoms with Crippen molar-refractivity contribution in [3.63, 3.8) is 0 Å². The van der Waals surface area contributed by atoms with Gasteiger partial charge in [-0.3, -0.25) is 0 Å². The van der Waals surface area contributed by atoms with E-state index in [1.54, 1.807) is 6.07 Å². The van der Waals surface area contributed by atoms with Gasteiger partial charge in [0.15, 0.2) is 11.6 Å². The minimum absolute atomic E-state index is 0.242. The van der Waals surface area contributed by atoms with Gasteiger partial charge in [-0.05, 0) is 31.7 Å². The Morgan fingerprint density at radius 3 is 2.79 bits per heavy atom. The largest absolute Gasteiger partial charge is 0.505 e. The summed E-state index contributed by atoms with van der Waals surface area (Å²) in [7, 11) is 1.85. The Labute approximate surface area is 83.1 Å². The second-order valence-corrected chi connectivity index (χ2v) is 3.15. The number of likely N-dealkylation sites (N-methyl/N-ethyl adjacent to an activating group) is 1. The van der Waals surface area contributed by atoms with Crippen molar-refractivity contribution in [3.05, 3.63) is 35.7 Å². The van der Waals surface area contributed by atoms with Crippen molar-refractivity contribution in [2.24, 2.45) is 0 Å². The molecule has 1 atom stereocenters. The molecule has 0 fully saturated rings. The summed E-state index contributed by atoms with van der Waals surface area (Å²) in [6.45, 7) is 1.99. The molecular formula is C11H14FNO. The first kappa shape index (κ1) is 10.7. The maximum absolute atomic E-state index is 12.9. The molecule has 0 aliphatic rings. The third kappa shape index (κ3) is 2.85. The number of phenolic OH excluding ortho intramolecular Hbond substituents is 1. The molecule has 0 spiro atoms. The summed E-state index contributed by atoms with van der Waals surface area (Å²) in [6.07, 6.45) is 3.73. The van der Waals surface area contributed by atoms with Crippen molar-refractivity contribution in [3.8, 4) is 5.75 Å². The van der Waals surface area contributed by atoms with Crippen molar-refractivity contribution in [2.45, 2.75) is 13.0 Å². The van der Waals surface area contributed by atoms with Crippen LogP contribution in [-0.2, 0) is 0 Å². The molecule has 0 saturated carbocycles. The Balaban J connectivity index is 2.77. The van der Waals surface area contributed by atoms with Gasteiger partial charge in [0, 0.05) is 6.04 Å². The van der Waals surface area contributed by atoms with Crippen molar-refractivity contribution in [2.75, 3.05) is 7.05 Å². The van der Waals surface area contributed by atoms with Gasteiger partial charge < -0.3 is 10.4 Å². The van der Waals surface area contributed by atoms with Crippen LogP contribution in [0.1, 0.15) is 12.5 Å². The molecular weight excluding hydrogens is 181 g/mol.